The number of likely N-dealkylation sites (tertiary alicyclic amines) is 1. The minimum atomic E-state index is -1.84. The second-order valence-electron chi connectivity index (χ2n) is 19.3. The van der Waals surface area contributed by atoms with Crippen LogP contribution in [-0.4, -0.2) is 193 Å². The quantitative estimate of drug-likeness (QED) is 0.0653. The molecule has 1 aromatic rings. The van der Waals surface area contributed by atoms with Crippen molar-refractivity contribution in [3.05, 3.63) is 58.7 Å². The number of hydrogen-bond acceptors (Lipinski definition) is 17. The molecule has 0 radical (unpaired) electrons. The Hall–Kier alpha value is -5.46. The smallest absolute Gasteiger partial charge is 0.409 e. The SMILES string of the molecule is COc1cc2cc(c1Cl)N(C)C(=O)C[C@H](OC(=O)C1CCN(C(=O)CCOCCOCCOCCOCCNC(=O)CCN3C(=O)C=CC3=O)CC1)C1(C)O[C@H]1[C@H](C)[C@@H]1C[C@@](O)(NC(=O)O1)C(OC)/C=C/C=C(\C)C2. The summed E-state index contributed by atoms with van der Waals surface area (Å²) in [5.74, 6) is -2.93. The van der Waals surface area contributed by atoms with E-state index in [9.17, 15) is 38.7 Å². The van der Waals surface area contributed by atoms with E-state index in [2.05, 4.69) is 10.6 Å². The van der Waals surface area contributed by atoms with Gasteiger partial charge in [0.1, 0.15) is 34.7 Å². The normalized spacial score (nSPS) is 27.5. The van der Waals surface area contributed by atoms with E-state index in [1.165, 1.54) is 31.3 Å². The van der Waals surface area contributed by atoms with Crippen LogP contribution in [0.1, 0.15) is 64.9 Å². The number of epoxide rings is 1. The number of rotatable bonds is 22. The van der Waals surface area contributed by atoms with E-state index >= 15 is 0 Å². The molecule has 3 N–H and O–H groups in total. The summed E-state index contributed by atoms with van der Waals surface area (Å²) < 4.78 is 51.7. The molecule has 5 heterocycles. The summed E-state index contributed by atoms with van der Waals surface area (Å²) in [6, 6.07) is 3.60. The second-order valence-corrected chi connectivity index (χ2v) is 19.7. The van der Waals surface area contributed by atoms with Crippen molar-refractivity contribution in [2.75, 3.05) is 105 Å². The fraction of sp³-hybridized carbons (Fsp3) is 0.635. The van der Waals surface area contributed by atoms with Gasteiger partial charge in [0.25, 0.3) is 11.8 Å². The van der Waals surface area contributed by atoms with Gasteiger partial charge in [0.05, 0.1) is 90.5 Å². The van der Waals surface area contributed by atoms with Gasteiger partial charge in [-0.2, -0.15) is 0 Å². The minimum absolute atomic E-state index is 0.0115. The highest BCUT2D eigenvalue weighted by Crippen LogP contribution is 2.49. The van der Waals surface area contributed by atoms with Crippen LogP contribution in [0, 0.1) is 11.8 Å². The lowest BCUT2D eigenvalue weighted by atomic mass is 9.83. The number of methoxy groups -OCH3 is 2. The third kappa shape index (κ3) is 16.0. The molecule has 0 saturated carbocycles. The molecule has 22 nitrogen and oxygen atoms in total. The fourth-order valence-electron chi connectivity index (χ4n) is 9.50. The molecule has 5 aliphatic heterocycles. The number of ether oxygens (including phenoxy) is 9. The number of alkyl carbamates (subject to hydrolysis) is 1. The Morgan fingerprint density at radius 1 is 0.920 bits per heavy atom. The second kappa shape index (κ2) is 27.5. The van der Waals surface area contributed by atoms with Gasteiger partial charge in [-0.3, -0.25) is 39.0 Å². The third-order valence-corrected chi connectivity index (χ3v) is 14.4. The van der Waals surface area contributed by atoms with Crippen molar-refractivity contribution < 1.29 is 81.3 Å². The van der Waals surface area contributed by atoms with Gasteiger partial charge in [-0.15, -0.1) is 0 Å². The largest absolute Gasteiger partial charge is 0.495 e. The van der Waals surface area contributed by atoms with E-state index in [4.69, 9.17) is 54.2 Å². The van der Waals surface area contributed by atoms with Crippen LogP contribution in [0.5, 0.6) is 5.75 Å². The number of benzene rings is 1. The first kappa shape index (κ1) is 58.8. The van der Waals surface area contributed by atoms with Crippen molar-refractivity contribution in [1.29, 1.82) is 0 Å². The molecule has 4 bridgehead atoms. The van der Waals surface area contributed by atoms with E-state index in [1.54, 1.807) is 43.2 Å². The molecule has 1 aromatic carbocycles. The first-order valence-corrected chi connectivity index (χ1v) is 25.7. The van der Waals surface area contributed by atoms with Crippen LogP contribution in [0.2, 0.25) is 5.02 Å². The number of fused-ring (bicyclic) bond motifs is 5. The Balaban J connectivity index is 0.933. The van der Waals surface area contributed by atoms with Crippen molar-refractivity contribution >= 4 is 58.9 Å². The molecule has 75 heavy (non-hydrogen) atoms. The molecule has 414 valence electrons. The molecule has 2 unspecified atom stereocenters. The molecule has 23 heteroatoms. The number of hydrogen-bond donors (Lipinski definition) is 3. The molecule has 6 rings (SSSR count). The van der Waals surface area contributed by atoms with Crippen molar-refractivity contribution in [3.8, 4) is 5.75 Å². The van der Waals surface area contributed by atoms with Gasteiger partial charge in [0.15, 0.2) is 5.72 Å². The lowest BCUT2D eigenvalue weighted by Gasteiger charge is -2.42. The van der Waals surface area contributed by atoms with Crippen molar-refractivity contribution in [3.63, 3.8) is 0 Å². The number of amides is 6. The number of anilines is 1. The summed E-state index contributed by atoms with van der Waals surface area (Å²) in [7, 11) is 4.51. The topological polar surface area (TPSA) is 260 Å². The highest BCUT2D eigenvalue weighted by atomic mass is 35.5. The molecule has 3 saturated heterocycles. The molecule has 7 atom stereocenters. The molecular formula is C52H72ClN5O17. The van der Waals surface area contributed by atoms with E-state index in [-0.39, 0.29) is 75.4 Å². The Labute approximate surface area is 442 Å². The highest BCUT2D eigenvalue weighted by Gasteiger charge is 2.64. The molecule has 6 amide bonds. The number of piperidine rings is 1. The first-order chi connectivity index (χ1) is 35.9. The van der Waals surface area contributed by atoms with Gasteiger partial charge in [-0.05, 0) is 50.8 Å². The van der Waals surface area contributed by atoms with E-state index in [0.717, 1.165) is 16.0 Å². The molecule has 5 aliphatic rings. The number of carbonyl (C=O) groups is 7. The first-order valence-electron chi connectivity index (χ1n) is 25.4. The molecule has 0 aromatic heterocycles. The maximum absolute atomic E-state index is 14.3. The lowest BCUT2D eigenvalue weighted by Crippen LogP contribution is -2.63. The van der Waals surface area contributed by atoms with Gasteiger partial charge in [0.2, 0.25) is 17.7 Å². The summed E-state index contributed by atoms with van der Waals surface area (Å²) in [6.07, 6.45) is 4.14. The minimum Gasteiger partial charge on any atom is -0.495 e. The van der Waals surface area contributed by atoms with Crippen LogP contribution in [0.3, 0.4) is 0 Å². The summed E-state index contributed by atoms with van der Waals surface area (Å²) >= 11 is 6.82. The van der Waals surface area contributed by atoms with Crippen LogP contribution in [0.15, 0.2) is 48.1 Å². The number of nitrogens with zero attached hydrogens (tertiary/aromatic N) is 3. The number of halogens is 1. The summed E-state index contributed by atoms with van der Waals surface area (Å²) in [5.41, 5.74) is -0.929. The number of nitrogens with one attached hydrogen (secondary N) is 2. The summed E-state index contributed by atoms with van der Waals surface area (Å²) in [6.45, 7) is 8.79. The van der Waals surface area contributed by atoms with Crippen molar-refractivity contribution in [1.82, 2.24) is 20.4 Å². The third-order valence-electron chi connectivity index (χ3n) is 14.0. The predicted molar refractivity (Wildman–Crippen MR) is 269 cm³/mol. The van der Waals surface area contributed by atoms with Crippen molar-refractivity contribution in [2.45, 2.75) is 101 Å². The molecular weight excluding hydrogens is 1000 g/mol. The van der Waals surface area contributed by atoms with E-state index in [0.29, 0.717) is 76.8 Å². The standard InChI is InChI=1S/C52H72ClN5O17/c1-33-8-7-9-40(68-6)52(66)32-39(73-50(65)55-52)34(2)48-51(3,75-48)41(31-46(63)56(4)37-29-35(28-33)30-38(67-5)47(37)53)74-49(64)36-12-17-57(18-13-36)43(60)15-20-69-22-24-71-26-27-72-25-23-70-21-16-54-42(59)14-19-58-44(61)10-11-45(58)62/h7-11,29-30,34,36,39-41,48,66H,12-28,31-32H2,1-6H3,(H,54,59)(H,55,65)/b9-7+,33-8+/t34-,39+,40?,41+,48+,51?,52+/m1/s1. The number of esters is 1. The van der Waals surface area contributed by atoms with E-state index < -0.39 is 77.4 Å². The maximum atomic E-state index is 14.3. The summed E-state index contributed by atoms with van der Waals surface area (Å²) in [5, 5.41) is 17.3. The lowest BCUT2D eigenvalue weighted by molar-refractivity contribution is -0.161. The Kier molecular flexibility index (Phi) is 21.6. The maximum Gasteiger partial charge on any atom is 0.409 e. The highest BCUT2D eigenvalue weighted by molar-refractivity contribution is 6.35. The Morgan fingerprint density at radius 3 is 2.20 bits per heavy atom. The van der Waals surface area contributed by atoms with Gasteiger partial charge in [-0.1, -0.05) is 42.3 Å². The zero-order valence-electron chi connectivity index (χ0n) is 43.6. The number of carbonyl (C=O) groups excluding carboxylic acids is 7. The van der Waals surface area contributed by atoms with Crippen molar-refractivity contribution in [2.24, 2.45) is 11.8 Å². The zero-order chi connectivity index (χ0) is 54.3. The predicted octanol–water partition coefficient (Wildman–Crippen LogP) is 2.79. The number of aliphatic hydroxyl groups is 1. The monoisotopic (exact) mass is 1070 g/mol. The summed E-state index contributed by atoms with van der Waals surface area (Å²) in [4.78, 5) is 93.7. The number of imide groups is 1. The fourth-order valence-corrected chi connectivity index (χ4v) is 9.81. The molecule has 0 aliphatic carbocycles. The van der Waals surface area contributed by atoms with Gasteiger partial charge >= 0.3 is 12.1 Å². The Morgan fingerprint density at radius 2 is 1.56 bits per heavy atom. The van der Waals surface area contributed by atoms with Gasteiger partial charge in [-0.25, -0.2) is 4.79 Å². The van der Waals surface area contributed by atoms with Crippen LogP contribution in [-0.2, 0) is 73.1 Å². The Bertz CT molecular complexity index is 2290. The molecule has 3 fully saturated rings. The van der Waals surface area contributed by atoms with Gasteiger partial charge in [0, 0.05) is 71.2 Å². The van der Waals surface area contributed by atoms with Crippen LogP contribution in [0.4, 0.5) is 10.5 Å². The van der Waals surface area contributed by atoms with Gasteiger partial charge < -0.3 is 62.9 Å². The van der Waals surface area contributed by atoms with Crippen LogP contribution < -0.4 is 20.3 Å². The average molecular weight is 1070 g/mol. The number of allylic oxidation sites excluding steroid dienone is 3. The van der Waals surface area contributed by atoms with Crippen LogP contribution >= 0.6 is 11.6 Å². The van der Waals surface area contributed by atoms with E-state index in [1.807, 2.05) is 19.9 Å². The average Bonchev–Trinajstić information content (AvgIpc) is 3.98. The molecule has 0 spiro atoms. The van der Waals surface area contributed by atoms with Crippen LogP contribution in [0.25, 0.3) is 0 Å². The zero-order valence-corrected chi connectivity index (χ0v) is 44.4.